The van der Waals surface area contributed by atoms with Gasteiger partial charge in [-0.25, -0.2) is 0 Å². The molecule has 0 aromatic carbocycles. The van der Waals surface area contributed by atoms with Crippen LogP contribution in [0.2, 0.25) is 0 Å². The quantitative estimate of drug-likeness (QED) is 0.571. The van der Waals surface area contributed by atoms with Crippen molar-refractivity contribution in [3.63, 3.8) is 0 Å². The van der Waals surface area contributed by atoms with Gasteiger partial charge in [0.05, 0.1) is 0 Å². The first-order valence-corrected chi connectivity index (χ1v) is 4.76. The molecule has 1 fully saturated rings. The molecular weight excluding hydrogens is 163 g/mol. The predicted octanol–water partition coefficient (Wildman–Crippen LogP) is 1.97. The summed E-state index contributed by atoms with van der Waals surface area (Å²) < 4.78 is 11.3. The molecule has 13 heavy (non-hydrogen) atoms. The van der Waals surface area contributed by atoms with E-state index in [0.29, 0.717) is 0 Å². The Morgan fingerprint density at radius 2 is 2.00 bits per heavy atom. The third kappa shape index (κ3) is 2.04. The fraction of sp³-hybridized carbons (Fsp3) is 0.600. The summed E-state index contributed by atoms with van der Waals surface area (Å²) in [5, 5.41) is 0. The zero-order valence-corrected chi connectivity index (χ0v) is 8.25. The maximum atomic E-state index is 5.65. The molecule has 2 rings (SSSR count). The molecule has 0 spiro atoms. The first kappa shape index (κ1) is 9.04. The summed E-state index contributed by atoms with van der Waals surface area (Å²) in [4.78, 5) is 0. The van der Waals surface area contributed by atoms with Crippen LogP contribution in [0.3, 0.4) is 0 Å². The van der Waals surface area contributed by atoms with E-state index in [4.69, 9.17) is 9.31 Å². The van der Waals surface area contributed by atoms with Gasteiger partial charge < -0.3 is 9.31 Å². The van der Waals surface area contributed by atoms with Gasteiger partial charge >= 0.3 is 7.12 Å². The van der Waals surface area contributed by atoms with Crippen molar-refractivity contribution in [3.8, 4) is 0 Å². The minimum Gasteiger partial charge on any atom is -0.407 e. The van der Waals surface area contributed by atoms with Crippen molar-refractivity contribution in [2.24, 2.45) is 5.41 Å². The van der Waals surface area contributed by atoms with Crippen molar-refractivity contribution in [3.05, 3.63) is 23.7 Å². The molecule has 0 bridgehead atoms. The second-order valence-corrected chi connectivity index (χ2v) is 4.49. The minimum absolute atomic E-state index is 0.0944. The summed E-state index contributed by atoms with van der Waals surface area (Å²) in [5.74, 6) is 0. The van der Waals surface area contributed by atoms with Crippen LogP contribution in [0.1, 0.15) is 20.3 Å². The highest BCUT2D eigenvalue weighted by Crippen LogP contribution is 2.26. The highest BCUT2D eigenvalue weighted by atomic mass is 16.6. The van der Waals surface area contributed by atoms with E-state index in [1.165, 1.54) is 5.47 Å². The molecular formula is C10H15BO2. The van der Waals surface area contributed by atoms with Crippen molar-refractivity contribution in [2.75, 3.05) is 13.2 Å². The fourth-order valence-electron chi connectivity index (χ4n) is 1.55. The maximum absolute atomic E-state index is 5.65. The Balaban J connectivity index is 1.92. The van der Waals surface area contributed by atoms with Crippen LogP contribution in [0.15, 0.2) is 23.7 Å². The number of rotatable bonds is 1. The van der Waals surface area contributed by atoms with Crippen molar-refractivity contribution >= 4 is 7.12 Å². The maximum Gasteiger partial charge on any atom is 0.489 e. The first-order chi connectivity index (χ1) is 6.17. The predicted molar refractivity (Wildman–Crippen MR) is 53.3 cm³/mol. The standard InChI is InChI=1S/C10H15BO2/c1-10(2)7-12-11(13-8-10)9-5-3-4-6-9/h3-5H,6-8H2,1-2H3. The average molecular weight is 178 g/mol. The van der Waals surface area contributed by atoms with E-state index in [0.717, 1.165) is 19.6 Å². The normalized spacial score (nSPS) is 26.3. The molecule has 0 radical (unpaired) electrons. The Kier molecular flexibility index (Phi) is 2.30. The largest absolute Gasteiger partial charge is 0.489 e. The molecule has 2 aliphatic rings. The van der Waals surface area contributed by atoms with Crippen LogP contribution >= 0.6 is 0 Å². The molecule has 0 N–H and O–H groups in total. The van der Waals surface area contributed by atoms with E-state index < -0.39 is 0 Å². The van der Waals surface area contributed by atoms with Crippen LogP contribution in [-0.2, 0) is 9.31 Å². The van der Waals surface area contributed by atoms with Gasteiger partial charge in [0.1, 0.15) is 0 Å². The molecule has 0 saturated carbocycles. The van der Waals surface area contributed by atoms with E-state index in [1.54, 1.807) is 0 Å². The highest BCUT2D eigenvalue weighted by Gasteiger charge is 2.34. The van der Waals surface area contributed by atoms with Gasteiger partial charge in [0.2, 0.25) is 0 Å². The Labute approximate surface area is 79.8 Å². The molecule has 0 aromatic heterocycles. The molecule has 1 aliphatic heterocycles. The lowest BCUT2D eigenvalue weighted by Gasteiger charge is -2.33. The van der Waals surface area contributed by atoms with Crippen LogP contribution in [0.5, 0.6) is 0 Å². The average Bonchev–Trinajstić information content (AvgIpc) is 2.56. The summed E-state index contributed by atoms with van der Waals surface area (Å²) >= 11 is 0. The van der Waals surface area contributed by atoms with Crippen molar-refractivity contribution in [1.29, 1.82) is 0 Å². The van der Waals surface area contributed by atoms with Gasteiger partial charge in [-0.2, -0.15) is 0 Å². The monoisotopic (exact) mass is 178 g/mol. The second-order valence-electron chi connectivity index (χ2n) is 4.49. The van der Waals surface area contributed by atoms with E-state index in [9.17, 15) is 0 Å². The Bertz CT molecular complexity index is 246. The second kappa shape index (κ2) is 3.31. The molecule has 1 aliphatic carbocycles. The third-order valence-corrected chi connectivity index (χ3v) is 2.35. The van der Waals surface area contributed by atoms with Crippen molar-refractivity contribution < 1.29 is 9.31 Å². The van der Waals surface area contributed by atoms with E-state index in [1.807, 2.05) is 0 Å². The topological polar surface area (TPSA) is 18.5 Å². The Hall–Kier alpha value is -0.535. The van der Waals surface area contributed by atoms with Crippen LogP contribution in [-0.4, -0.2) is 20.3 Å². The summed E-state index contributed by atoms with van der Waals surface area (Å²) in [5.41, 5.74) is 1.42. The molecule has 0 atom stereocenters. The van der Waals surface area contributed by atoms with E-state index in [-0.39, 0.29) is 12.5 Å². The SMILES string of the molecule is CC1(C)COB(C2=CC=CC2)OC1. The van der Waals surface area contributed by atoms with E-state index in [2.05, 4.69) is 32.1 Å². The molecule has 1 heterocycles. The summed E-state index contributed by atoms with van der Waals surface area (Å²) in [6.07, 6.45) is 7.25. The lowest BCUT2D eigenvalue weighted by Crippen LogP contribution is -2.41. The van der Waals surface area contributed by atoms with Gasteiger partial charge in [-0.05, 0) is 11.9 Å². The van der Waals surface area contributed by atoms with Crippen LogP contribution in [0.25, 0.3) is 0 Å². The van der Waals surface area contributed by atoms with Gasteiger partial charge in [0, 0.05) is 18.6 Å². The van der Waals surface area contributed by atoms with Gasteiger partial charge in [-0.15, -0.1) is 0 Å². The fourth-order valence-corrected chi connectivity index (χ4v) is 1.55. The molecule has 1 saturated heterocycles. The summed E-state index contributed by atoms with van der Waals surface area (Å²) in [6.45, 7) is 5.89. The van der Waals surface area contributed by atoms with Gasteiger partial charge in [-0.3, -0.25) is 0 Å². The van der Waals surface area contributed by atoms with Crippen molar-refractivity contribution in [1.82, 2.24) is 0 Å². The van der Waals surface area contributed by atoms with Crippen LogP contribution in [0.4, 0.5) is 0 Å². The smallest absolute Gasteiger partial charge is 0.407 e. The summed E-state index contributed by atoms with van der Waals surface area (Å²) in [6, 6.07) is 0. The molecule has 0 aromatic rings. The number of hydrogen-bond donors (Lipinski definition) is 0. The first-order valence-electron chi connectivity index (χ1n) is 4.76. The van der Waals surface area contributed by atoms with Gasteiger partial charge in [-0.1, -0.05) is 32.1 Å². The minimum atomic E-state index is -0.0944. The zero-order chi connectivity index (χ0) is 9.31. The Morgan fingerprint density at radius 1 is 1.31 bits per heavy atom. The summed E-state index contributed by atoms with van der Waals surface area (Å²) in [7, 11) is -0.0944. The van der Waals surface area contributed by atoms with Crippen LogP contribution < -0.4 is 0 Å². The molecule has 0 amide bonds. The molecule has 0 unspecified atom stereocenters. The third-order valence-electron chi connectivity index (χ3n) is 2.35. The van der Waals surface area contributed by atoms with Crippen LogP contribution in [0, 0.1) is 5.41 Å². The zero-order valence-electron chi connectivity index (χ0n) is 8.25. The number of hydrogen-bond acceptors (Lipinski definition) is 2. The van der Waals surface area contributed by atoms with Crippen molar-refractivity contribution in [2.45, 2.75) is 20.3 Å². The number of allylic oxidation sites excluding steroid dienone is 4. The van der Waals surface area contributed by atoms with E-state index >= 15 is 0 Å². The van der Waals surface area contributed by atoms with Gasteiger partial charge in [0.25, 0.3) is 0 Å². The highest BCUT2D eigenvalue weighted by molar-refractivity contribution is 6.54. The lowest BCUT2D eigenvalue weighted by molar-refractivity contribution is 0.0320. The molecule has 70 valence electrons. The molecule has 3 heteroatoms. The Morgan fingerprint density at radius 3 is 2.54 bits per heavy atom. The lowest BCUT2D eigenvalue weighted by atomic mass is 9.74. The molecule has 2 nitrogen and oxygen atoms in total. The van der Waals surface area contributed by atoms with Gasteiger partial charge in [0.15, 0.2) is 0 Å².